The first-order valence-corrected chi connectivity index (χ1v) is 7.12. The molecule has 0 aromatic carbocycles. The molecule has 0 spiro atoms. The first kappa shape index (κ1) is 14.1. The Bertz CT molecular complexity index is 328. The molecule has 1 aromatic heterocycles. The van der Waals surface area contributed by atoms with Crippen LogP contribution < -0.4 is 5.32 Å². The van der Waals surface area contributed by atoms with E-state index in [0.717, 1.165) is 21.6 Å². The largest absolute Gasteiger partial charge is 0.389 e. The van der Waals surface area contributed by atoms with E-state index in [9.17, 15) is 5.11 Å². The molecule has 5 heteroatoms. The molecule has 0 aliphatic rings. The second-order valence-corrected chi connectivity index (χ2v) is 6.79. The number of halogens is 1. The van der Waals surface area contributed by atoms with Crippen LogP contribution in [0.1, 0.15) is 44.7 Å². The van der Waals surface area contributed by atoms with Crippen molar-refractivity contribution in [3.05, 3.63) is 15.0 Å². The molecule has 0 amide bonds. The second-order valence-electron chi connectivity index (χ2n) is 4.35. The fraction of sp³-hybridized carbons (Fsp3) is 0.727. The van der Waals surface area contributed by atoms with Gasteiger partial charge in [0.2, 0.25) is 0 Å². The van der Waals surface area contributed by atoms with Crippen LogP contribution in [0.5, 0.6) is 0 Å². The van der Waals surface area contributed by atoms with Gasteiger partial charge in [0, 0.05) is 6.54 Å². The Morgan fingerprint density at radius 2 is 2.38 bits per heavy atom. The molecular formula is C11H19BrN2OS. The number of nitrogens with zero attached hydrogens (tertiary/aromatic N) is 1. The molecule has 0 aliphatic carbocycles. The van der Waals surface area contributed by atoms with Crippen molar-refractivity contribution in [3.63, 3.8) is 0 Å². The molecule has 0 radical (unpaired) electrons. The van der Waals surface area contributed by atoms with Gasteiger partial charge in [-0.15, -0.1) is 11.3 Å². The summed E-state index contributed by atoms with van der Waals surface area (Å²) in [6.07, 6.45) is 3.61. The number of nitrogens with one attached hydrogen (secondary N) is 1. The van der Waals surface area contributed by atoms with Crippen molar-refractivity contribution < 1.29 is 5.11 Å². The standard InChI is InChI=1S/C11H19BrN2OS/c1-4-5-11(3,15)7-14-8(2)10-13-6-9(12)16-10/h6,8,14-15H,4-5,7H2,1-3H3. The third-order valence-corrected chi connectivity index (χ3v) is 4.10. The molecule has 2 unspecified atom stereocenters. The lowest BCUT2D eigenvalue weighted by molar-refractivity contribution is 0.0476. The van der Waals surface area contributed by atoms with Gasteiger partial charge in [0.1, 0.15) is 5.01 Å². The van der Waals surface area contributed by atoms with Crippen molar-refractivity contribution in [2.45, 2.75) is 45.3 Å². The molecule has 1 aromatic rings. The third-order valence-electron chi connectivity index (χ3n) is 2.44. The quantitative estimate of drug-likeness (QED) is 0.849. The topological polar surface area (TPSA) is 45.1 Å². The predicted octanol–water partition coefficient (Wildman–Crippen LogP) is 3.11. The Kier molecular flexibility index (Phi) is 5.37. The average Bonchev–Trinajstić information content (AvgIpc) is 2.61. The van der Waals surface area contributed by atoms with E-state index in [4.69, 9.17) is 0 Å². The first-order valence-electron chi connectivity index (χ1n) is 5.51. The maximum Gasteiger partial charge on any atom is 0.110 e. The minimum atomic E-state index is -0.627. The normalized spacial score (nSPS) is 17.1. The maximum absolute atomic E-state index is 10.0. The van der Waals surface area contributed by atoms with E-state index in [2.05, 4.69) is 40.1 Å². The highest BCUT2D eigenvalue weighted by Crippen LogP contribution is 2.24. The molecule has 0 saturated carbocycles. The van der Waals surface area contributed by atoms with E-state index in [1.807, 2.05) is 13.1 Å². The van der Waals surface area contributed by atoms with Gasteiger partial charge in [0.05, 0.1) is 21.6 Å². The average molecular weight is 307 g/mol. The summed E-state index contributed by atoms with van der Waals surface area (Å²) in [5.41, 5.74) is -0.627. The summed E-state index contributed by atoms with van der Waals surface area (Å²) in [6.45, 7) is 6.61. The minimum absolute atomic E-state index is 0.180. The molecule has 0 fully saturated rings. The molecule has 16 heavy (non-hydrogen) atoms. The Hall–Kier alpha value is 0.0300. The van der Waals surface area contributed by atoms with Gasteiger partial charge in [-0.3, -0.25) is 0 Å². The lowest BCUT2D eigenvalue weighted by Gasteiger charge is -2.24. The van der Waals surface area contributed by atoms with Crippen molar-refractivity contribution in [1.29, 1.82) is 0 Å². The Morgan fingerprint density at radius 3 is 2.88 bits per heavy atom. The van der Waals surface area contributed by atoms with E-state index in [1.165, 1.54) is 0 Å². The van der Waals surface area contributed by atoms with E-state index >= 15 is 0 Å². The fourth-order valence-electron chi connectivity index (χ4n) is 1.55. The van der Waals surface area contributed by atoms with Crippen LogP contribution in [0.2, 0.25) is 0 Å². The first-order chi connectivity index (χ1) is 7.44. The molecule has 3 nitrogen and oxygen atoms in total. The van der Waals surface area contributed by atoms with Gasteiger partial charge < -0.3 is 10.4 Å². The summed E-state index contributed by atoms with van der Waals surface area (Å²) >= 11 is 5.02. The zero-order chi connectivity index (χ0) is 12.2. The van der Waals surface area contributed by atoms with Gasteiger partial charge in [-0.2, -0.15) is 0 Å². The zero-order valence-electron chi connectivity index (χ0n) is 9.96. The smallest absolute Gasteiger partial charge is 0.110 e. The fourth-order valence-corrected chi connectivity index (χ4v) is 2.83. The van der Waals surface area contributed by atoms with E-state index in [-0.39, 0.29) is 6.04 Å². The van der Waals surface area contributed by atoms with Crippen LogP contribution in [0, 0.1) is 0 Å². The molecule has 1 rings (SSSR count). The van der Waals surface area contributed by atoms with Gasteiger partial charge in [0.25, 0.3) is 0 Å². The van der Waals surface area contributed by atoms with E-state index < -0.39 is 5.60 Å². The summed E-state index contributed by atoms with van der Waals surface area (Å²) in [6, 6.07) is 0.180. The number of hydrogen-bond donors (Lipinski definition) is 2. The number of aliphatic hydroxyl groups is 1. The van der Waals surface area contributed by atoms with Crippen molar-refractivity contribution >= 4 is 27.3 Å². The van der Waals surface area contributed by atoms with Gasteiger partial charge in [-0.1, -0.05) is 13.3 Å². The SMILES string of the molecule is CCCC(C)(O)CNC(C)c1ncc(Br)s1. The summed E-state index contributed by atoms with van der Waals surface area (Å²) in [5, 5.41) is 14.4. The minimum Gasteiger partial charge on any atom is -0.389 e. The van der Waals surface area contributed by atoms with Crippen molar-refractivity contribution in [1.82, 2.24) is 10.3 Å². The summed E-state index contributed by atoms with van der Waals surface area (Å²) in [4.78, 5) is 4.29. The van der Waals surface area contributed by atoms with Crippen molar-refractivity contribution in [3.8, 4) is 0 Å². The summed E-state index contributed by atoms with van der Waals surface area (Å²) < 4.78 is 1.04. The molecule has 2 N–H and O–H groups in total. The summed E-state index contributed by atoms with van der Waals surface area (Å²) in [5.74, 6) is 0. The van der Waals surface area contributed by atoms with Crippen LogP contribution in [0.25, 0.3) is 0 Å². The van der Waals surface area contributed by atoms with Gasteiger partial charge in [-0.05, 0) is 36.2 Å². The number of hydrogen-bond acceptors (Lipinski definition) is 4. The Morgan fingerprint density at radius 1 is 1.69 bits per heavy atom. The molecule has 92 valence electrons. The number of rotatable bonds is 6. The lowest BCUT2D eigenvalue weighted by atomic mass is 10.0. The monoisotopic (exact) mass is 306 g/mol. The zero-order valence-corrected chi connectivity index (χ0v) is 12.4. The maximum atomic E-state index is 10.0. The highest BCUT2D eigenvalue weighted by Gasteiger charge is 2.20. The molecule has 0 saturated heterocycles. The van der Waals surface area contributed by atoms with Crippen molar-refractivity contribution in [2.24, 2.45) is 0 Å². The van der Waals surface area contributed by atoms with Crippen LogP contribution in [-0.4, -0.2) is 22.2 Å². The van der Waals surface area contributed by atoms with Gasteiger partial charge in [-0.25, -0.2) is 4.98 Å². The highest BCUT2D eigenvalue weighted by molar-refractivity contribution is 9.11. The van der Waals surface area contributed by atoms with Crippen molar-refractivity contribution in [2.75, 3.05) is 6.54 Å². The number of aromatic nitrogens is 1. The number of thiazole rings is 1. The van der Waals surface area contributed by atoms with Gasteiger partial charge in [0.15, 0.2) is 0 Å². The molecule has 0 aliphatic heterocycles. The third kappa shape index (κ3) is 4.49. The molecule has 1 heterocycles. The van der Waals surface area contributed by atoms with Crippen LogP contribution >= 0.6 is 27.3 Å². The summed E-state index contributed by atoms with van der Waals surface area (Å²) in [7, 11) is 0. The lowest BCUT2D eigenvalue weighted by Crippen LogP contribution is -2.38. The molecule has 2 atom stereocenters. The highest BCUT2D eigenvalue weighted by atomic mass is 79.9. The second kappa shape index (κ2) is 6.10. The van der Waals surface area contributed by atoms with Crippen LogP contribution in [0.3, 0.4) is 0 Å². The Labute approximate surface area is 109 Å². The molecular weight excluding hydrogens is 288 g/mol. The molecule has 0 bridgehead atoms. The Balaban J connectivity index is 2.43. The van der Waals surface area contributed by atoms with Gasteiger partial charge >= 0.3 is 0 Å². The van der Waals surface area contributed by atoms with E-state index in [1.54, 1.807) is 11.3 Å². The predicted molar refractivity (Wildman–Crippen MR) is 71.8 cm³/mol. The van der Waals surface area contributed by atoms with Crippen LogP contribution in [-0.2, 0) is 0 Å². The van der Waals surface area contributed by atoms with Crippen LogP contribution in [0.4, 0.5) is 0 Å². The van der Waals surface area contributed by atoms with Crippen LogP contribution in [0.15, 0.2) is 9.98 Å². The van der Waals surface area contributed by atoms with E-state index in [0.29, 0.717) is 6.54 Å².